The molecule has 0 aliphatic heterocycles. The highest BCUT2D eigenvalue weighted by molar-refractivity contribution is 6.42. The fourth-order valence-electron chi connectivity index (χ4n) is 2.32. The molecule has 0 spiro atoms. The van der Waals surface area contributed by atoms with Gasteiger partial charge in [-0.25, -0.2) is 9.18 Å². The van der Waals surface area contributed by atoms with Crippen LogP contribution in [0.3, 0.4) is 0 Å². The SMILES string of the molecule is COc1cc2c(Nc3ccc(Cl)c(Cl)c3F)nc(OC(=O)C(F)(F)F)nc2cc1O. The number of phenolic OH excluding ortho intramolecular Hbond substituents is 1. The summed E-state index contributed by atoms with van der Waals surface area (Å²) >= 11 is 11.5. The number of benzene rings is 2. The smallest absolute Gasteiger partial charge is 0.491 e. The number of aromatic nitrogens is 2. The summed E-state index contributed by atoms with van der Waals surface area (Å²) in [6.45, 7) is 0. The lowest BCUT2D eigenvalue weighted by atomic mass is 10.2. The van der Waals surface area contributed by atoms with Crippen molar-refractivity contribution >= 4 is 51.6 Å². The maximum absolute atomic E-state index is 14.4. The number of fused-ring (bicyclic) bond motifs is 1. The molecule has 0 bridgehead atoms. The van der Waals surface area contributed by atoms with Gasteiger partial charge in [0.15, 0.2) is 17.3 Å². The van der Waals surface area contributed by atoms with Crippen LogP contribution in [0, 0.1) is 5.82 Å². The van der Waals surface area contributed by atoms with Gasteiger partial charge in [-0.05, 0) is 18.2 Å². The predicted molar refractivity (Wildman–Crippen MR) is 99.1 cm³/mol. The molecule has 2 aromatic carbocycles. The van der Waals surface area contributed by atoms with Gasteiger partial charge < -0.3 is 19.9 Å². The number of methoxy groups -OCH3 is 1. The summed E-state index contributed by atoms with van der Waals surface area (Å²) in [5.41, 5.74) is -0.360. The molecule has 158 valence electrons. The Kier molecular flexibility index (Phi) is 5.77. The second-order valence-corrected chi connectivity index (χ2v) is 6.42. The number of halogens is 6. The van der Waals surface area contributed by atoms with Crippen LogP contribution in [-0.2, 0) is 4.79 Å². The van der Waals surface area contributed by atoms with Crippen LogP contribution in [0.4, 0.5) is 29.1 Å². The van der Waals surface area contributed by atoms with E-state index in [0.717, 1.165) is 6.07 Å². The topological polar surface area (TPSA) is 93.6 Å². The molecule has 0 aliphatic rings. The zero-order valence-corrected chi connectivity index (χ0v) is 16.2. The Morgan fingerprint density at radius 2 is 1.90 bits per heavy atom. The summed E-state index contributed by atoms with van der Waals surface area (Å²) < 4.78 is 61.1. The van der Waals surface area contributed by atoms with Crippen molar-refractivity contribution in [1.29, 1.82) is 0 Å². The first-order valence-electron chi connectivity index (χ1n) is 7.79. The van der Waals surface area contributed by atoms with E-state index in [1.807, 2.05) is 0 Å². The molecule has 1 aromatic heterocycles. The number of hydrogen-bond donors (Lipinski definition) is 2. The average molecular weight is 466 g/mol. The first kappa shape index (κ1) is 21.7. The second-order valence-electron chi connectivity index (χ2n) is 5.63. The van der Waals surface area contributed by atoms with Gasteiger partial charge in [-0.15, -0.1) is 0 Å². The van der Waals surface area contributed by atoms with E-state index in [-0.39, 0.29) is 33.2 Å². The molecule has 0 saturated heterocycles. The normalized spacial score (nSPS) is 11.4. The van der Waals surface area contributed by atoms with Gasteiger partial charge in [0.1, 0.15) is 5.82 Å². The van der Waals surface area contributed by atoms with Crippen LogP contribution >= 0.6 is 23.2 Å². The molecule has 1 heterocycles. The highest BCUT2D eigenvalue weighted by Crippen LogP contribution is 2.37. The Morgan fingerprint density at radius 1 is 1.20 bits per heavy atom. The maximum atomic E-state index is 14.4. The number of rotatable bonds is 4. The number of alkyl halides is 3. The molecule has 0 radical (unpaired) electrons. The molecule has 0 atom stereocenters. The number of anilines is 2. The highest BCUT2D eigenvalue weighted by Gasteiger charge is 2.42. The fraction of sp³-hybridized carbons (Fsp3) is 0.118. The van der Waals surface area contributed by atoms with Crippen LogP contribution < -0.4 is 14.8 Å². The van der Waals surface area contributed by atoms with Crippen molar-refractivity contribution in [2.45, 2.75) is 6.18 Å². The zero-order chi connectivity index (χ0) is 22.2. The van der Waals surface area contributed by atoms with E-state index in [4.69, 9.17) is 27.9 Å². The van der Waals surface area contributed by atoms with Gasteiger partial charge in [0.2, 0.25) is 0 Å². The second kappa shape index (κ2) is 8.00. The van der Waals surface area contributed by atoms with Crippen molar-refractivity contribution < 1.29 is 36.9 Å². The van der Waals surface area contributed by atoms with Gasteiger partial charge >= 0.3 is 18.2 Å². The minimum Gasteiger partial charge on any atom is -0.504 e. The molecule has 30 heavy (non-hydrogen) atoms. The van der Waals surface area contributed by atoms with E-state index in [1.165, 1.54) is 25.3 Å². The maximum Gasteiger partial charge on any atom is 0.491 e. The quantitative estimate of drug-likeness (QED) is 0.318. The van der Waals surface area contributed by atoms with Crippen LogP contribution in [0.15, 0.2) is 24.3 Å². The molecule has 0 unspecified atom stereocenters. The van der Waals surface area contributed by atoms with E-state index in [2.05, 4.69) is 20.0 Å². The van der Waals surface area contributed by atoms with Crippen molar-refractivity contribution in [2.24, 2.45) is 0 Å². The number of esters is 1. The van der Waals surface area contributed by atoms with E-state index in [9.17, 15) is 27.5 Å². The first-order valence-corrected chi connectivity index (χ1v) is 8.55. The van der Waals surface area contributed by atoms with Crippen molar-refractivity contribution in [3.63, 3.8) is 0 Å². The summed E-state index contributed by atoms with van der Waals surface area (Å²) in [6.07, 6.45) is -5.30. The monoisotopic (exact) mass is 465 g/mol. The Labute approximate surface area is 175 Å². The van der Waals surface area contributed by atoms with Crippen molar-refractivity contribution in [1.82, 2.24) is 9.97 Å². The Hall–Kier alpha value is -3.05. The lowest BCUT2D eigenvalue weighted by Crippen LogP contribution is -2.28. The number of aromatic hydroxyl groups is 1. The third-order valence-electron chi connectivity index (χ3n) is 3.68. The van der Waals surface area contributed by atoms with Crippen molar-refractivity contribution in [2.75, 3.05) is 12.4 Å². The van der Waals surface area contributed by atoms with Crippen LogP contribution in [-0.4, -0.2) is 34.3 Å². The van der Waals surface area contributed by atoms with E-state index in [0.29, 0.717) is 0 Å². The number of nitrogens with zero attached hydrogens (tertiary/aromatic N) is 2. The Morgan fingerprint density at radius 3 is 2.53 bits per heavy atom. The molecule has 13 heteroatoms. The summed E-state index contributed by atoms with van der Waals surface area (Å²) in [5, 5.41) is 12.1. The van der Waals surface area contributed by atoms with Gasteiger partial charge in [-0.2, -0.15) is 23.1 Å². The number of nitrogens with one attached hydrogen (secondary N) is 1. The number of carbonyl (C=O) groups excluding carboxylic acids is 1. The van der Waals surface area contributed by atoms with Crippen LogP contribution in [0.2, 0.25) is 10.0 Å². The first-order chi connectivity index (χ1) is 14.0. The van der Waals surface area contributed by atoms with Crippen LogP contribution in [0.25, 0.3) is 10.9 Å². The molecule has 7 nitrogen and oxygen atoms in total. The zero-order valence-electron chi connectivity index (χ0n) is 14.6. The summed E-state index contributed by atoms with van der Waals surface area (Å²) in [5.74, 6) is -4.21. The van der Waals surface area contributed by atoms with Gasteiger partial charge in [0.25, 0.3) is 0 Å². The van der Waals surface area contributed by atoms with Gasteiger partial charge in [0, 0.05) is 11.5 Å². The summed E-state index contributed by atoms with van der Waals surface area (Å²) in [7, 11) is 1.26. The molecule has 2 N–H and O–H groups in total. The molecule has 0 saturated carbocycles. The lowest BCUT2D eigenvalue weighted by molar-refractivity contribution is -0.190. The van der Waals surface area contributed by atoms with Gasteiger partial charge in [0.05, 0.1) is 28.4 Å². The molecule has 0 fully saturated rings. The number of ether oxygens (including phenoxy) is 2. The number of carbonyl (C=O) groups is 1. The average Bonchev–Trinajstić information content (AvgIpc) is 2.67. The van der Waals surface area contributed by atoms with Crippen molar-refractivity contribution in [3.05, 3.63) is 40.1 Å². The Bertz CT molecular complexity index is 1160. The summed E-state index contributed by atoms with van der Waals surface area (Å²) in [4.78, 5) is 18.5. The number of hydrogen-bond acceptors (Lipinski definition) is 7. The highest BCUT2D eigenvalue weighted by atomic mass is 35.5. The predicted octanol–water partition coefficient (Wildman–Crippen LogP) is 5.00. The number of phenols is 1. The third-order valence-corrected chi connectivity index (χ3v) is 4.46. The van der Waals surface area contributed by atoms with Crippen molar-refractivity contribution in [3.8, 4) is 17.5 Å². The van der Waals surface area contributed by atoms with Crippen LogP contribution in [0.1, 0.15) is 0 Å². The molecule has 0 aliphatic carbocycles. The standard InChI is InChI=1S/C17H9Cl2F4N3O4/c1-29-11-4-6-9(5-10(11)27)25-16(30-15(28)17(21,22)23)26-14(6)24-8-3-2-7(18)12(19)13(8)20/h2-5,27H,1H3,(H,24,25,26). The lowest BCUT2D eigenvalue weighted by Gasteiger charge is -2.14. The molecule has 3 rings (SSSR count). The molecule has 3 aromatic rings. The Balaban J connectivity index is 2.16. The van der Waals surface area contributed by atoms with Crippen LogP contribution in [0.5, 0.6) is 17.5 Å². The van der Waals surface area contributed by atoms with Gasteiger partial charge in [-0.3, -0.25) is 0 Å². The molecular formula is C17H9Cl2F4N3O4. The van der Waals surface area contributed by atoms with E-state index in [1.54, 1.807) is 0 Å². The van der Waals surface area contributed by atoms with E-state index < -0.39 is 34.7 Å². The van der Waals surface area contributed by atoms with Gasteiger partial charge in [-0.1, -0.05) is 23.2 Å². The fourth-order valence-corrected chi connectivity index (χ4v) is 2.63. The molecular weight excluding hydrogens is 457 g/mol. The molecule has 0 amide bonds. The minimum absolute atomic E-state index is 0.0243. The summed E-state index contributed by atoms with van der Waals surface area (Å²) in [6, 6.07) is 3.78. The minimum atomic E-state index is -5.30. The largest absolute Gasteiger partial charge is 0.504 e. The van der Waals surface area contributed by atoms with E-state index >= 15 is 0 Å². The third kappa shape index (κ3) is 4.26.